The maximum absolute atomic E-state index is 13.6. The lowest BCUT2D eigenvalue weighted by molar-refractivity contribution is 0.0947. The second-order valence-corrected chi connectivity index (χ2v) is 11.7. The molecule has 2 aromatic heterocycles. The molecule has 0 saturated carbocycles. The smallest absolute Gasteiger partial charge is 0.272 e. The summed E-state index contributed by atoms with van der Waals surface area (Å²) < 4.78 is 35.8. The molecule has 0 atom stereocenters. The standard InChI is InChI=1S/C26H35N5O4S/c1-17(2)11-12-27-26(32)24-23(25-28-18(3)15-19(4)31(25)29-24)20-9-10-21(35-5)22(16-20)36(33,34)30-13-7-6-8-14-30/h9-10,15-17H,6-8,11-14H2,1-5H3,(H,27,32). The Morgan fingerprint density at radius 3 is 2.53 bits per heavy atom. The van der Waals surface area contributed by atoms with Crippen molar-refractivity contribution >= 4 is 21.6 Å². The van der Waals surface area contributed by atoms with Crippen molar-refractivity contribution in [3.8, 4) is 16.9 Å². The molecule has 9 nitrogen and oxygen atoms in total. The van der Waals surface area contributed by atoms with Crippen molar-refractivity contribution < 1.29 is 17.9 Å². The van der Waals surface area contributed by atoms with Gasteiger partial charge in [0.05, 0.1) is 12.7 Å². The average molecular weight is 514 g/mol. The molecule has 1 amide bonds. The fourth-order valence-corrected chi connectivity index (χ4v) is 6.28. The third kappa shape index (κ3) is 5.10. The van der Waals surface area contributed by atoms with E-state index >= 15 is 0 Å². The van der Waals surface area contributed by atoms with Crippen LogP contribution in [0.15, 0.2) is 29.2 Å². The van der Waals surface area contributed by atoms with Gasteiger partial charge in [0, 0.05) is 31.0 Å². The molecule has 1 aliphatic heterocycles. The third-order valence-corrected chi connectivity index (χ3v) is 8.42. The SMILES string of the molecule is COc1ccc(-c2c(C(=O)NCCC(C)C)nn3c(C)cc(C)nc23)cc1S(=O)(=O)N1CCCCC1. The number of benzene rings is 1. The van der Waals surface area contributed by atoms with Gasteiger partial charge in [0.15, 0.2) is 11.3 Å². The van der Waals surface area contributed by atoms with Gasteiger partial charge >= 0.3 is 0 Å². The summed E-state index contributed by atoms with van der Waals surface area (Å²) in [5.41, 5.74) is 3.38. The van der Waals surface area contributed by atoms with Gasteiger partial charge in [-0.1, -0.05) is 26.3 Å². The van der Waals surface area contributed by atoms with Crippen LogP contribution in [0.25, 0.3) is 16.8 Å². The Labute approximate surface area is 212 Å². The van der Waals surface area contributed by atoms with E-state index in [2.05, 4.69) is 29.2 Å². The number of methoxy groups -OCH3 is 1. The molecule has 0 unspecified atom stereocenters. The monoisotopic (exact) mass is 513 g/mol. The fraction of sp³-hybridized carbons (Fsp3) is 0.500. The van der Waals surface area contributed by atoms with E-state index in [1.807, 2.05) is 19.9 Å². The number of fused-ring (bicyclic) bond motifs is 1. The molecule has 194 valence electrons. The first-order chi connectivity index (χ1) is 17.1. The van der Waals surface area contributed by atoms with Crippen molar-refractivity contribution in [2.75, 3.05) is 26.7 Å². The van der Waals surface area contributed by atoms with Crippen LogP contribution in [-0.4, -0.2) is 60.0 Å². The molecular weight excluding hydrogens is 478 g/mol. The Bertz CT molecular complexity index is 1370. The Morgan fingerprint density at radius 2 is 1.86 bits per heavy atom. The molecule has 3 aromatic rings. The van der Waals surface area contributed by atoms with Crippen LogP contribution in [0.2, 0.25) is 0 Å². The lowest BCUT2D eigenvalue weighted by Gasteiger charge is -2.26. The number of amides is 1. The van der Waals surface area contributed by atoms with Crippen LogP contribution in [0.3, 0.4) is 0 Å². The van der Waals surface area contributed by atoms with Crippen LogP contribution in [-0.2, 0) is 10.0 Å². The molecule has 1 aliphatic rings. The number of piperidine rings is 1. The zero-order valence-electron chi connectivity index (χ0n) is 21.7. The van der Waals surface area contributed by atoms with E-state index in [1.54, 1.807) is 22.7 Å². The van der Waals surface area contributed by atoms with E-state index < -0.39 is 10.0 Å². The van der Waals surface area contributed by atoms with Gasteiger partial charge in [0.1, 0.15) is 10.6 Å². The zero-order valence-corrected chi connectivity index (χ0v) is 22.5. The summed E-state index contributed by atoms with van der Waals surface area (Å²) in [6.07, 6.45) is 3.52. The first kappa shape index (κ1) is 26.1. The normalized spacial score (nSPS) is 14.9. The van der Waals surface area contributed by atoms with Gasteiger partial charge in [0.2, 0.25) is 10.0 Å². The molecule has 10 heteroatoms. The Hall–Kier alpha value is -2.98. The van der Waals surface area contributed by atoms with E-state index in [0.29, 0.717) is 42.3 Å². The molecule has 1 aromatic carbocycles. The Balaban J connectivity index is 1.88. The minimum absolute atomic E-state index is 0.0827. The third-order valence-electron chi connectivity index (χ3n) is 6.50. The molecule has 0 spiro atoms. The summed E-state index contributed by atoms with van der Waals surface area (Å²) in [4.78, 5) is 18.0. The molecule has 0 bridgehead atoms. The highest BCUT2D eigenvalue weighted by Gasteiger charge is 2.31. The molecule has 1 N–H and O–H groups in total. The highest BCUT2D eigenvalue weighted by molar-refractivity contribution is 7.89. The predicted octanol–water partition coefficient (Wildman–Crippen LogP) is 3.97. The number of aromatic nitrogens is 3. The molecular formula is C26H35N5O4S. The highest BCUT2D eigenvalue weighted by Crippen LogP contribution is 2.36. The molecule has 1 fully saturated rings. The molecule has 36 heavy (non-hydrogen) atoms. The van der Waals surface area contributed by atoms with E-state index in [4.69, 9.17) is 4.74 Å². The number of nitrogens with zero attached hydrogens (tertiary/aromatic N) is 4. The number of carbonyl (C=O) groups is 1. The van der Waals surface area contributed by atoms with E-state index in [1.165, 1.54) is 11.4 Å². The number of nitrogens with one attached hydrogen (secondary N) is 1. The van der Waals surface area contributed by atoms with Crippen molar-refractivity contribution in [1.29, 1.82) is 0 Å². The van der Waals surface area contributed by atoms with Crippen molar-refractivity contribution in [2.45, 2.75) is 58.3 Å². The van der Waals surface area contributed by atoms with Crippen LogP contribution in [0, 0.1) is 19.8 Å². The van der Waals surface area contributed by atoms with E-state index in [9.17, 15) is 13.2 Å². The Kier molecular flexibility index (Phi) is 7.65. The van der Waals surface area contributed by atoms with Gasteiger partial charge in [-0.05, 0) is 62.8 Å². The number of hydrogen-bond acceptors (Lipinski definition) is 6. The number of ether oxygens (including phenoxy) is 1. The van der Waals surface area contributed by atoms with Crippen LogP contribution in [0.4, 0.5) is 0 Å². The zero-order chi connectivity index (χ0) is 26.0. The summed E-state index contributed by atoms with van der Waals surface area (Å²) >= 11 is 0. The molecule has 3 heterocycles. The van der Waals surface area contributed by atoms with Gasteiger partial charge in [-0.15, -0.1) is 0 Å². The quantitative estimate of drug-likeness (QED) is 0.489. The summed E-state index contributed by atoms with van der Waals surface area (Å²) in [6, 6.07) is 6.88. The Morgan fingerprint density at radius 1 is 1.14 bits per heavy atom. The first-order valence-corrected chi connectivity index (χ1v) is 13.9. The number of sulfonamides is 1. The largest absolute Gasteiger partial charge is 0.495 e. The van der Waals surface area contributed by atoms with Crippen LogP contribution < -0.4 is 10.1 Å². The number of rotatable bonds is 8. The van der Waals surface area contributed by atoms with Crippen molar-refractivity contribution in [1.82, 2.24) is 24.2 Å². The molecule has 0 aliphatic carbocycles. The van der Waals surface area contributed by atoms with Gasteiger partial charge in [-0.2, -0.15) is 9.40 Å². The number of carbonyl (C=O) groups excluding carboxylic acids is 1. The fourth-order valence-electron chi connectivity index (χ4n) is 4.58. The van der Waals surface area contributed by atoms with Gasteiger partial charge in [0.25, 0.3) is 5.91 Å². The summed E-state index contributed by atoms with van der Waals surface area (Å²) in [7, 11) is -2.32. The summed E-state index contributed by atoms with van der Waals surface area (Å²) in [5, 5.41) is 7.56. The van der Waals surface area contributed by atoms with Crippen molar-refractivity contribution in [3.05, 3.63) is 41.3 Å². The lowest BCUT2D eigenvalue weighted by atomic mass is 10.0. The van der Waals surface area contributed by atoms with Crippen LogP contribution in [0.5, 0.6) is 5.75 Å². The number of hydrogen-bond donors (Lipinski definition) is 1. The second kappa shape index (κ2) is 10.6. The van der Waals surface area contributed by atoms with Gasteiger partial charge < -0.3 is 10.1 Å². The first-order valence-electron chi connectivity index (χ1n) is 12.5. The van der Waals surface area contributed by atoms with Crippen LogP contribution >= 0.6 is 0 Å². The molecule has 1 saturated heterocycles. The van der Waals surface area contributed by atoms with Gasteiger partial charge in [-0.3, -0.25) is 4.79 Å². The van der Waals surface area contributed by atoms with Gasteiger partial charge in [-0.25, -0.2) is 17.9 Å². The molecule has 0 radical (unpaired) electrons. The predicted molar refractivity (Wildman–Crippen MR) is 139 cm³/mol. The maximum atomic E-state index is 13.6. The van der Waals surface area contributed by atoms with Crippen LogP contribution in [0.1, 0.15) is 61.4 Å². The van der Waals surface area contributed by atoms with Crippen molar-refractivity contribution in [2.24, 2.45) is 5.92 Å². The second-order valence-electron chi connectivity index (χ2n) is 9.77. The molecule has 4 rings (SSSR count). The lowest BCUT2D eigenvalue weighted by Crippen LogP contribution is -2.35. The minimum atomic E-state index is -3.78. The highest BCUT2D eigenvalue weighted by atomic mass is 32.2. The van der Waals surface area contributed by atoms with Crippen molar-refractivity contribution in [3.63, 3.8) is 0 Å². The van der Waals surface area contributed by atoms with E-state index in [-0.39, 0.29) is 22.2 Å². The maximum Gasteiger partial charge on any atom is 0.272 e. The topological polar surface area (TPSA) is 106 Å². The minimum Gasteiger partial charge on any atom is -0.495 e. The average Bonchev–Trinajstić information content (AvgIpc) is 3.23. The van der Waals surface area contributed by atoms with E-state index in [0.717, 1.165) is 37.1 Å². The number of aryl methyl sites for hydroxylation is 2. The summed E-state index contributed by atoms with van der Waals surface area (Å²) in [5.74, 6) is 0.398. The summed E-state index contributed by atoms with van der Waals surface area (Å²) in [6.45, 7) is 9.46.